The number of aliphatic hydroxyl groups excluding tert-OH is 1. The standard InChI is InChI=1S/C18H29NO3/c1-13(15-8-6-7-9-16(15)22-5)10-17(21)19-12-18(3,4)11-14(2)20/h6-9,13-14,20H,10-12H2,1-5H3,(H,19,21). The third kappa shape index (κ3) is 6.06. The third-order valence-electron chi connectivity index (χ3n) is 3.77. The van der Waals surface area contributed by atoms with Crippen molar-refractivity contribution in [3.63, 3.8) is 0 Å². The maximum Gasteiger partial charge on any atom is 0.220 e. The van der Waals surface area contributed by atoms with Gasteiger partial charge in [0.25, 0.3) is 0 Å². The second kappa shape index (κ2) is 8.18. The molecule has 4 heteroatoms. The predicted octanol–water partition coefficient (Wildman–Crippen LogP) is 3.10. The Morgan fingerprint density at radius 3 is 2.55 bits per heavy atom. The number of hydrogen-bond acceptors (Lipinski definition) is 3. The van der Waals surface area contributed by atoms with E-state index in [1.807, 2.05) is 45.0 Å². The van der Waals surface area contributed by atoms with Crippen LogP contribution in [0.5, 0.6) is 5.75 Å². The Bertz CT molecular complexity index is 483. The van der Waals surface area contributed by atoms with Gasteiger partial charge in [0.15, 0.2) is 0 Å². The van der Waals surface area contributed by atoms with E-state index in [0.29, 0.717) is 19.4 Å². The monoisotopic (exact) mass is 307 g/mol. The lowest BCUT2D eigenvalue weighted by molar-refractivity contribution is -0.121. The summed E-state index contributed by atoms with van der Waals surface area (Å²) in [5.41, 5.74) is 0.931. The fourth-order valence-electron chi connectivity index (χ4n) is 2.74. The lowest BCUT2D eigenvalue weighted by atomic mass is 9.87. The number of benzene rings is 1. The van der Waals surface area contributed by atoms with Crippen molar-refractivity contribution in [1.29, 1.82) is 0 Å². The highest BCUT2D eigenvalue weighted by Crippen LogP contribution is 2.28. The molecule has 2 unspecified atom stereocenters. The summed E-state index contributed by atoms with van der Waals surface area (Å²) in [4.78, 5) is 12.1. The highest BCUT2D eigenvalue weighted by Gasteiger charge is 2.22. The molecule has 0 bridgehead atoms. The summed E-state index contributed by atoms with van der Waals surface area (Å²) in [6, 6.07) is 7.79. The van der Waals surface area contributed by atoms with Gasteiger partial charge in [-0.1, -0.05) is 39.0 Å². The summed E-state index contributed by atoms with van der Waals surface area (Å²) < 4.78 is 5.35. The number of methoxy groups -OCH3 is 1. The fourth-order valence-corrected chi connectivity index (χ4v) is 2.74. The van der Waals surface area contributed by atoms with E-state index in [0.717, 1.165) is 11.3 Å². The maximum absolute atomic E-state index is 12.1. The van der Waals surface area contributed by atoms with Gasteiger partial charge in [0.1, 0.15) is 5.75 Å². The Morgan fingerprint density at radius 2 is 1.95 bits per heavy atom. The van der Waals surface area contributed by atoms with Crippen LogP contribution in [0, 0.1) is 5.41 Å². The summed E-state index contributed by atoms with van der Waals surface area (Å²) >= 11 is 0. The Hall–Kier alpha value is -1.55. The van der Waals surface area contributed by atoms with E-state index >= 15 is 0 Å². The summed E-state index contributed by atoms with van der Waals surface area (Å²) in [7, 11) is 1.64. The van der Waals surface area contributed by atoms with Crippen LogP contribution in [0.2, 0.25) is 0 Å². The van der Waals surface area contributed by atoms with Gasteiger partial charge in [0, 0.05) is 13.0 Å². The van der Waals surface area contributed by atoms with E-state index in [-0.39, 0.29) is 23.3 Å². The summed E-state index contributed by atoms with van der Waals surface area (Å²) in [6.07, 6.45) is 0.722. The van der Waals surface area contributed by atoms with Gasteiger partial charge in [-0.25, -0.2) is 0 Å². The quantitative estimate of drug-likeness (QED) is 0.776. The number of aliphatic hydroxyl groups is 1. The molecule has 0 aliphatic rings. The Morgan fingerprint density at radius 1 is 1.32 bits per heavy atom. The topological polar surface area (TPSA) is 58.6 Å². The molecule has 0 radical (unpaired) electrons. The van der Waals surface area contributed by atoms with Crippen LogP contribution in [0.15, 0.2) is 24.3 Å². The van der Waals surface area contributed by atoms with E-state index in [9.17, 15) is 9.90 Å². The number of ether oxygens (including phenoxy) is 1. The number of carbonyl (C=O) groups is 1. The smallest absolute Gasteiger partial charge is 0.220 e. The molecule has 2 N–H and O–H groups in total. The zero-order valence-corrected chi connectivity index (χ0v) is 14.3. The first-order valence-electron chi connectivity index (χ1n) is 7.83. The molecule has 22 heavy (non-hydrogen) atoms. The van der Waals surface area contributed by atoms with Gasteiger partial charge in [0.05, 0.1) is 13.2 Å². The van der Waals surface area contributed by atoms with Crippen molar-refractivity contribution in [3.05, 3.63) is 29.8 Å². The van der Waals surface area contributed by atoms with Crippen molar-refractivity contribution in [2.24, 2.45) is 5.41 Å². The number of rotatable bonds is 8. The van der Waals surface area contributed by atoms with E-state index in [1.165, 1.54) is 0 Å². The first-order chi connectivity index (χ1) is 10.2. The van der Waals surface area contributed by atoms with Crippen molar-refractivity contribution in [3.8, 4) is 5.75 Å². The Labute approximate surface area is 133 Å². The normalized spacial score (nSPS) is 14.3. The number of para-hydroxylation sites is 1. The predicted molar refractivity (Wildman–Crippen MR) is 89.1 cm³/mol. The van der Waals surface area contributed by atoms with Gasteiger partial charge >= 0.3 is 0 Å². The van der Waals surface area contributed by atoms with Gasteiger partial charge in [0.2, 0.25) is 5.91 Å². The molecule has 1 aromatic carbocycles. The zero-order valence-electron chi connectivity index (χ0n) is 14.3. The summed E-state index contributed by atoms with van der Waals surface area (Å²) in [5.74, 6) is 0.935. The summed E-state index contributed by atoms with van der Waals surface area (Å²) in [5, 5.41) is 12.5. The highest BCUT2D eigenvalue weighted by atomic mass is 16.5. The molecule has 0 aliphatic carbocycles. The Balaban J connectivity index is 2.54. The minimum absolute atomic E-state index is 0.0251. The van der Waals surface area contributed by atoms with Gasteiger partial charge in [-0.05, 0) is 36.3 Å². The van der Waals surface area contributed by atoms with Crippen LogP contribution in [0.3, 0.4) is 0 Å². The number of nitrogens with one attached hydrogen (secondary N) is 1. The molecule has 0 fully saturated rings. The van der Waals surface area contributed by atoms with Crippen LogP contribution in [0.4, 0.5) is 0 Å². The molecule has 0 heterocycles. The van der Waals surface area contributed by atoms with Crippen LogP contribution in [0.1, 0.15) is 52.0 Å². The van der Waals surface area contributed by atoms with E-state index in [4.69, 9.17) is 4.74 Å². The molecule has 2 atom stereocenters. The second-order valence-electron chi connectivity index (χ2n) is 6.84. The largest absolute Gasteiger partial charge is 0.496 e. The SMILES string of the molecule is COc1ccccc1C(C)CC(=O)NCC(C)(C)CC(C)O. The minimum atomic E-state index is -0.362. The molecule has 4 nitrogen and oxygen atoms in total. The molecule has 0 saturated heterocycles. The number of hydrogen-bond donors (Lipinski definition) is 2. The van der Waals surface area contributed by atoms with Crippen LogP contribution >= 0.6 is 0 Å². The molecule has 0 aliphatic heterocycles. The van der Waals surface area contributed by atoms with Crippen LogP contribution in [0.25, 0.3) is 0 Å². The van der Waals surface area contributed by atoms with Crippen molar-refractivity contribution >= 4 is 5.91 Å². The highest BCUT2D eigenvalue weighted by molar-refractivity contribution is 5.77. The average molecular weight is 307 g/mol. The first-order valence-corrected chi connectivity index (χ1v) is 7.83. The number of carbonyl (C=O) groups excluding carboxylic acids is 1. The lowest BCUT2D eigenvalue weighted by Crippen LogP contribution is -2.36. The third-order valence-corrected chi connectivity index (χ3v) is 3.77. The second-order valence-corrected chi connectivity index (χ2v) is 6.84. The molecule has 1 amide bonds. The lowest BCUT2D eigenvalue weighted by Gasteiger charge is -2.26. The molecule has 124 valence electrons. The number of amides is 1. The Kier molecular flexibility index (Phi) is 6.88. The van der Waals surface area contributed by atoms with Gasteiger partial charge in [-0.2, -0.15) is 0 Å². The van der Waals surface area contributed by atoms with Crippen LogP contribution in [-0.2, 0) is 4.79 Å². The van der Waals surface area contributed by atoms with E-state index in [1.54, 1.807) is 14.0 Å². The molecular formula is C18H29NO3. The molecule has 1 aromatic rings. The molecule has 1 rings (SSSR count). The van der Waals surface area contributed by atoms with Gasteiger partial charge in [-0.3, -0.25) is 4.79 Å². The fraction of sp³-hybridized carbons (Fsp3) is 0.611. The van der Waals surface area contributed by atoms with Crippen LogP contribution < -0.4 is 10.1 Å². The minimum Gasteiger partial charge on any atom is -0.496 e. The van der Waals surface area contributed by atoms with Crippen molar-refractivity contribution in [1.82, 2.24) is 5.32 Å². The average Bonchev–Trinajstić information content (AvgIpc) is 2.44. The van der Waals surface area contributed by atoms with Gasteiger partial charge in [-0.15, -0.1) is 0 Å². The summed E-state index contributed by atoms with van der Waals surface area (Å²) in [6.45, 7) is 8.45. The molecule has 0 spiro atoms. The van der Waals surface area contributed by atoms with Crippen molar-refractivity contribution in [2.45, 2.75) is 52.6 Å². The molecule has 0 saturated carbocycles. The zero-order chi connectivity index (χ0) is 16.8. The van der Waals surface area contributed by atoms with Gasteiger partial charge < -0.3 is 15.2 Å². The molecule has 0 aromatic heterocycles. The molecular weight excluding hydrogens is 278 g/mol. The van der Waals surface area contributed by atoms with E-state index in [2.05, 4.69) is 5.32 Å². The van der Waals surface area contributed by atoms with Crippen LogP contribution in [-0.4, -0.2) is 30.8 Å². The van der Waals surface area contributed by atoms with Crippen molar-refractivity contribution < 1.29 is 14.6 Å². The maximum atomic E-state index is 12.1. The first kappa shape index (κ1) is 18.5. The van der Waals surface area contributed by atoms with E-state index < -0.39 is 0 Å². The van der Waals surface area contributed by atoms with Crippen molar-refractivity contribution in [2.75, 3.05) is 13.7 Å².